The summed E-state index contributed by atoms with van der Waals surface area (Å²) < 4.78 is 11.1. The summed E-state index contributed by atoms with van der Waals surface area (Å²) in [6, 6.07) is 16.1. The van der Waals surface area contributed by atoms with Crippen LogP contribution in [0.25, 0.3) is 0 Å². The monoisotopic (exact) mass is 339 g/mol. The normalized spacial score (nSPS) is 13.5. The largest absolute Gasteiger partial charge is 0.490 e. The van der Waals surface area contributed by atoms with Crippen molar-refractivity contribution >= 4 is 5.91 Å². The van der Waals surface area contributed by atoms with Crippen molar-refractivity contribution in [2.75, 3.05) is 26.9 Å². The molecule has 1 aliphatic carbocycles. The molecule has 0 bridgehead atoms. The molecule has 0 unspecified atom stereocenters. The highest BCUT2D eigenvalue weighted by Gasteiger charge is 2.28. The minimum absolute atomic E-state index is 0.00446. The predicted molar refractivity (Wildman–Crippen MR) is 98.2 cm³/mol. The van der Waals surface area contributed by atoms with E-state index in [2.05, 4.69) is 24.3 Å². The van der Waals surface area contributed by atoms with Crippen LogP contribution in [0.15, 0.2) is 48.5 Å². The fraction of sp³-hybridized carbons (Fsp3) is 0.381. The van der Waals surface area contributed by atoms with E-state index in [1.54, 1.807) is 0 Å². The zero-order valence-corrected chi connectivity index (χ0v) is 14.9. The van der Waals surface area contributed by atoms with Crippen molar-refractivity contribution in [2.45, 2.75) is 25.8 Å². The van der Waals surface area contributed by atoms with Crippen LogP contribution < -0.4 is 4.74 Å². The molecule has 0 saturated carbocycles. The van der Waals surface area contributed by atoms with Crippen LogP contribution in [0.2, 0.25) is 0 Å². The second-order valence-electron chi connectivity index (χ2n) is 6.29. The summed E-state index contributed by atoms with van der Waals surface area (Å²) in [5.41, 5.74) is 3.29. The first kappa shape index (κ1) is 17.5. The Bertz CT molecular complexity index is 704. The maximum absolute atomic E-state index is 13.0. The molecule has 0 aromatic heterocycles. The third-order valence-corrected chi connectivity index (χ3v) is 4.70. The van der Waals surface area contributed by atoms with E-state index in [9.17, 15) is 4.79 Å². The van der Waals surface area contributed by atoms with Crippen LogP contribution in [-0.4, -0.2) is 43.7 Å². The number of para-hydroxylation sites is 1. The second-order valence-corrected chi connectivity index (χ2v) is 6.29. The van der Waals surface area contributed by atoms with Gasteiger partial charge in [-0.15, -0.1) is 0 Å². The summed E-state index contributed by atoms with van der Waals surface area (Å²) in [5, 5.41) is 0. The molecule has 4 nitrogen and oxygen atoms in total. The Morgan fingerprint density at radius 1 is 1.04 bits per heavy atom. The lowest BCUT2D eigenvalue weighted by molar-refractivity contribution is 0.0727. The number of carbonyl (C=O) groups excluding carboxylic acids is 1. The smallest absolute Gasteiger partial charge is 0.257 e. The molecule has 2 aromatic rings. The molecule has 4 heteroatoms. The van der Waals surface area contributed by atoms with Crippen LogP contribution in [0.3, 0.4) is 0 Å². The molecule has 2 aromatic carbocycles. The Hall–Kier alpha value is -2.33. The van der Waals surface area contributed by atoms with Crippen molar-refractivity contribution in [3.63, 3.8) is 0 Å². The van der Waals surface area contributed by atoms with Gasteiger partial charge in [-0.25, -0.2) is 0 Å². The number of rotatable bonds is 7. The summed E-state index contributed by atoms with van der Waals surface area (Å²) in [7, 11) is 1.88. The molecule has 0 radical (unpaired) electrons. The van der Waals surface area contributed by atoms with Crippen molar-refractivity contribution in [1.29, 1.82) is 0 Å². The van der Waals surface area contributed by atoms with Gasteiger partial charge in [-0.05, 0) is 43.0 Å². The van der Waals surface area contributed by atoms with Crippen molar-refractivity contribution < 1.29 is 14.3 Å². The number of hydrogen-bond acceptors (Lipinski definition) is 3. The summed E-state index contributed by atoms with van der Waals surface area (Å²) in [6.45, 7) is 3.57. The molecule has 25 heavy (non-hydrogen) atoms. The van der Waals surface area contributed by atoms with Gasteiger partial charge in [0.05, 0.1) is 12.2 Å². The highest BCUT2D eigenvalue weighted by atomic mass is 16.5. The SMILES string of the molecule is CCOCCOc1ccccc1C(=O)N(C)C1Cc2ccccc2C1. The molecule has 0 saturated heterocycles. The Morgan fingerprint density at radius 3 is 2.36 bits per heavy atom. The molecule has 1 amide bonds. The number of likely N-dealkylation sites (N-methyl/N-ethyl adjacent to an activating group) is 1. The molecule has 0 spiro atoms. The van der Waals surface area contributed by atoms with Crippen molar-refractivity contribution in [1.82, 2.24) is 4.90 Å². The van der Waals surface area contributed by atoms with Gasteiger partial charge >= 0.3 is 0 Å². The zero-order valence-electron chi connectivity index (χ0n) is 14.9. The number of nitrogens with zero attached hydrogens (tertiary/aromatic N) is 1. The minimum atomic E-state index is 0.00446. The first-order valence-electron chi connectivity index (χ1n) is 8.84. The maximum Gasteiger partial charge on any atom is 0.257 e. The molecular weight excluding hydrogens is 314 g/mol. The van der Waals surface area contributed by atoms with Crippen molar-refractivity contribution in [3.8, 4) is 5.75 Å². The molecule has 0 atom stereocenters. The van der Waals surface area contributed by atoms with Crippen LogP contribution >= 0.6 is 0 Å². The fourth-order valence-electron chi connectivity index (χ4n) is 3.29. The van der Waals surface area contributed by atoms with Gasteiger partial charge in [0.1, 0.15) is 12.4 Å². The van der Waals surface area contributed by atoms with Crippen molar-refractivity contribution in [2.24, 2.45) is 0 Å². The van der Waals surface area contributed by atoms with Gasteiger partial charge in [0.25, 0.3) is 5.91 Å². The third kappa shape index (κ3) is 4.02. The number of benzene rings is 2. The molecular formula is C21H25NO3. The maximum atomic E-state index is 13.0. The van der Waals surface area contributed by atoms with Crippen LogP contribution in [0.1, 0.15) is 28.4 Å². The van der Waals surface area contributed by atoms with Crippen molar-refractivity contribution in [3.05, 3.63) is 65.2 Å². The average molecular weight is 339 g/mol. The van der Waals surface area contributed by atoms with Crippen LogP contribution in [0.4, 0.5) is 0 Å². The van der Waals surface area contributed by atoms with Gasteiger partial charge < -0.3 is 14.4 Å². The number of hydrogen-bond donors (Lipinski definition) is 0. The van der Waals surface area contributed by atoms with E-state index < -0.39 is 0 Å². The van der Waals surface area contributed by atoms with Gasteiger partial charge in [-0.1, -0.05) is 36.4 Å². The summed E-state index contributed by atoms with van der Waals surface area (Å²) >= 11 is 0. The number of ether oxygens (including phenoxy) is 2. The standard InChI is InChI=1S/C21H25NO3/c1-3-24-12-13-25-20-11-7-6-10-19(20)21(23)22(2)18-14-16-8-4-5-9-17(16)15-18/h4-11,18H,3,12-15H2,1-2H3. The molecule has 132 valence electrons. The third-order valence-electron chi connectivity index (χ3n) is 4.70. The quantitative estimate of drug-likeness (QED) is 0.726. The van der Waals surface area contributed by atoms with Gasteiger partial charge in [0.2, 0.25) is 0 Å². The van der Waals surface area contributed by atoms with Crippen LogP contribution in [0, 0.1) is 0 Å². The topological polar surface area (TPSA) is 38.8 Å². The van der Waals surface area contributed by atoms with Crippen LogP contribution in [-0.2, 0) is 17.6 Å². The first-order valence-corrected chi connectivity index (χ1v) is 8.84. The van der Waals surface area contributed by atoms with Crippen LogP contribution in [0.5, 0.6) is 5.75 Å². The average Bonchev–Trinajstić information content (AvgIpc) is 3.08. The zero-order chi connectivity index (χ0) is 17.6. The van der Waals surface area contributed by atoms with E-state index in [1.165, 1.54) is 11.1 Å². The fourth-order valence-corrected chi connectivity index (χ4v) is 3.29. The second kappa shape index (κ2) is 8.17. The molecule has 0 N–H and O–H groups in total. The minimum Gasteiger partial charge on any atom is -0.490 e. The predicted octanol–water partition coefficient (Wildman–Crippen LogP) is 3.34. The molecule has 1 aliphatic rings. The van der Waals surface area contributed by atoms with Gasteiger partial charge in [-0.3, -0.25) is 4.79 Å². The number of fused-ring (bicyclic) bond motifs is 1. The van der Waals surface area contributed by atoms with E-state index in [0.717, 1.165) is 12.8 Å². The van der Waals surface area contributed by atoms with Gasteiger partial charge in [0, 0.05) is 19.7 Å². The van der Waals surface area contributed by atoms with E-state index >= 15 is 0 Å². The molecule has 0 fully saturated rings. The lowest BCUT2D eigenvalue weighted by atomic mass is 10.1. The van der Waals surface area contributed by atoms with E-state index in [1.807, 2.05) is 43.1 Å². The molecule has 0 aliphatic heterocycles. The Kier molecular flexibility index (Phi) is 5.71. The highest BCUT2D eigenvalue weighted by Crippen LogP contribution is 2.27. The van der Waals surface area contributed by atoms with Gasteiger partial charge in [-0.2, -0.15) is 0 Å². The first-order chi connectivity index (χ1) is 12.2. The summed E-state index contributed by atoms with van der Waals surface area (Å²) in [4.78, 5) is 14.9. The summed E-state index contributed by atoms with van der Waals surface area (Å²) in [6.07, 6.45) is 1.82. The van der Waals surface area contributed by atoms with E-state index in [4.69, 9.17) is 9.47 Å². The Balaban J connectivity index is 1.69. The lowest BCUT2D eigenvalue weighted by Crippen LogP contribution is -2.37. The van der Waals surface area contributed by atoms with E-state index in [0.29, 0.717) is 31.1 Å². The van der Waals surface area contributed by atoms with Gasteiger partial charge in [0.15, 0.2) is 0 Å². The summed E-state index contributed by atoms with van der Waals surface area (Å²) in [5.74, 6) is 0.624. The molecule has 3 rings (SSSR count). The highest BCUT2D eigenvalue weighted by molar-refractivity contribution is 5.97. The number of amides is 1. The number of carbonyl (C=O) groups is 1. The molecule has 0 heterocycles. The van der Waals surface area contributed by atoms with E-state index in [-0.39, 0.29) is 11.9 Å². The Labute approximate surface area is 149 Å². The lowest BCUT2D eigenvalue weighted by Gasteiger charge is -2.25. The Morgan fingerprint density at radius 2 is 1.68 bits per heavy atom.